The van der Waals surface area contributed by atoms with Crippen molar-refractivity contribution in [1.82, 2.24) is 5.06 Å². The number of likely N-dealkylation sites (N-methyl/N-ethyl adjacent to an activating group) is 1. The Bertz CT molecular complexity index is 1120. The fourth-order valence-electron chi connectivity index (χ4n) is 7.58. The van der Waals surface area contributed by atoms with Crippen LogP contribution in [0.1, 0.15) is 214 Å². The van der Waals surface area contributed by atoms with Crippen molar-refractivity contribution in [3.63, 3.8) is 0 Å². The van der Waals surface area contributed by atoms with E-state index >= 15 is 0 Å². The Morgan fingerprint density at radius 1 is 0.661 bits per heavy atom. The molecule has 1 fully saturated rings. The van der Waals surface area contributed by atoms with Gasteiger partial charge in [-0.2, -0.15) is 0 Å². The summed E-state index contributed by atoms with van der Waals surface area (Å²) in [5.41, 5.74) is -1.66. The van der Waals surface area contributed by atoms with Gasteiger partial charge in [-0.25, -0.2) is 4.57 Å². The lowest BCUT2D eigenvalue weighted by Crippen LogP contribution is -2.49. The van der Waals surface area contributed by atoms with Gasteiger partial charge in [-0.15, -0.1) is 10.3 Å². The zero-order chi connectivity index (χ0) is 43.9. The van der Waals surface area contributed by atoms with Crippen LogP contribution in [-0.4, -0.2) is 97.9 Å². The molecule has 1 N–H and O–H groups in total. The first-order valence-corrected chi connectivity index (χ1v) is 25.4. The van der Waals surface area contributed by atoms with E-state index in [-0.39, 0.29) is 26.1 Å². The molecule has 0 saturated carbocycles. The number of phosphoric acid groups is 1. The normalized spacial score (nSPS) is 18.5. The molecule has 0 aromatic rings. The molecule has 12 nitrogen and oxygen atoms in total. The molecule has 0 aromatic carbocycles. The standard InChI is InChI=1S/C46H90N2O10P/c1-8-10-12-14-16-18-20-21-22-24-26-28-30-33-43(49)54-39-42(40-57-59(52,53)56-38-37-48(5,6)7)58-44(50)34-32-36-46(47(51)45(3,4)41-55-46)35-31-29-27-25-23-19-17-15-13-11-9-2/h42H,8-41H2,1-7H3/p+1/t42-,46?/m0/s1. The van der Waals surface area contributed by atoms with E-state index in [4.69, 9.17) is 23.3 Å². The summed E-state index contributed by atoms with van der Waals surface area (Å²) in [7, 11) is 1.34. The summed E-state index contributed by atoms with van der Waals surface area (Å²) < 4.78 is 40.9. The largest absolute Gasteiger partial charge is 0.472 e. The number of hydrogen-bond donors (Lipinski definition) is 1. The highest BCUT2D eigenvalue weighted by Crippen LogP contribution is 2.43. The smallest absolute Gasteiger partial charge is 0.462 e. The molecule has 2 unspecified atom stereocenters. The van der Waals surface area contributed by atoms with Crippen molar-refractivity contribution < 1.29 is 52.0 Å². The van der Waals surface area contributed by atoms with Gasteiger partial charge in [0.2, 0.25) is 0 Å². The van der Waals surface area contributed by atoms with Crippen molar-refractivity contribution in [1.29, 1.82) is 0 Å². The minimum absolute atomic E-state index is 0.00216. The molecule has 0 aliphatic carbocycles. The molecule has 3 atom stereocenters. The Balaban J connectivity index is 2.60. The summed E-state index contributed by atoms with van der Waals surface area (Å²) in [5, 5.41) is 14.6. The van der Waals surface area contributed by atoms with Crippen LogP contribution in [0.25, 0.3) is 0 Å². The highest BCUT2D eigenvalue weighted by Gasteiger charge is 2.52. The topological polar surface area (TPSA) is 141 Å². The van der Waals surface area contributed by atoms with E-state index in [2.05, 4.69) is 13.8 Å². The van der Waals surface area contributed by atoms with Crippen LogP contribution in [0.15, 0.2) is 0 Å². The molecule has 0 spiro atoms. The number of phosphoric ester groups is 1. The lowest BCUT2D eigenvalue weighted by atomic mass is 9.95. The van der Waals surface area contributed by atoms with Crippen LogP contribution in [0.5, 0.6) is 0 Å². The lowest BCUT2D eigenvalue weighted by molar-refractivity contribution is -0.870. The fourth-order valence-corrected chi connectivity index (χ4v) is 8.32. The summed E-state index contributed by atoms with van der Waals surface area (Å²) in [6, 6.07) is 0. The quantitative estimate of drug-likeness (QED) is 0.0274. The number of carbonyl (C=O) groups is 2. The number of quaternary nitrogens is 1. The molecule has 0 bridgehead atoms. The monoisotopic (exact) mass is 863 g/mol. The molecular formula is C46H91N2O10P+. The van der Waals surface area contributed by atoms with E-state index in [0.717, 1.165) is 43.6 Å². The van der Waals surface area contributed by atoms with Crippen LogP contribution in [0.2, 0.25) is 0 Å². The highest BCUT2D eigenvalue weighted by atomic mass is 31.2. The molecule has 0 aromatic heterocycles. The van der Waals surface area contributed by atoms with E-state index in [0.29, 0.717) is 43.3 Å². The molecule has 0 amide bonds. The fraction of sp³-hybridized carbons (Fsp3) is 0.957. The summed E-state index contributed by atoms with van der Waals surface area (Å²) in [4.78, 5) is 36.1. The summed E-state index contributed by atoms with van der Waals surface area (Å²) in [6.45, 7) is 8.25. The van der Waals surface area contributed by atoms with Crippen molar-refractivity contribution in [2.24, 2.45) is 0 Å². The number of unbranched alkanes of at least 4 members (excludes halogenated alkanes) is 22. The number of esters is 2. The van der Waals surface area contributed by atoms with Crippen molar-refractivity contribution in [3.05, 3.63) is 0 Å². The van der Waals surface area contributed by atoms with Gasteiger partial charge in [0, 0.05) is 12.8 Å². The minimum atomic E-state index is -4.46. The van der Waals surface area contributed by atoms with Crippen molar-refractivity contribution in [3.8, 4) is 0 Å². The van der Waals surface area contributed by atoms with Gasteiger partial charge in [-0.3, -0.25) is 18.6 Å². The predicted octanol–water partition coefficient (Wildman–Crippen LogP) is 11.8. The van der Waals surface area contributed by atoms with Crippen LogP contribution in [0, 0.1) is 0 Å². The Hall–Kier alpha value is -1.11. The van der Waals surface area contributed by atoms with Gasteiger partial charge in [0.25, 0.3) is 0 Å². The number of nitrogens with zero attached hydrogens (tertiary/aromatic N) is 2. The molecule has 1 aliphatic rings. The Kier molecular flexibility index (Phi) is 30.8. The molecule has 1 heterocycles. The van der Waals surface area contributed by atoms with Crippen LogP contribution in [-0.2, 0) is 42.6 Å². The summed E-state index contributed by atoms with van der Waals surface area (Å²) >= 11 is 0. The molecule has 13 heteroatoms. The van der Waals surface area contributed by atoms with E-state index in [1.807, 2.05) is 35.0 Å². The second-order valence-corrected chi connectivity index (χ2v) is 20.3. The van der Waals surface area contributed by atoms with Gasteiger partial charge in [0.05, 0.1) is 39.9 Å². The molecule has 59 heavy (non-hydrogen) atoms. The highest BCUT2D eigenvalue weighted by molar-refractivity contribution is 7.47. The van der Waals surface area contributed by atoms with Gasteiger partial charge >= 0.3 is 19.8 Å². The maximum absolute atomic E-state index is 13.5. The molecule has 349 valence electrons. The Morgan fingerprint density at radius 3 is 1.56 bits per heavy atom. The van der Waals surface area contributed by atoms with Gasteiger partial charge in [-0.05, 0) is 46.0 Å². The number of ether oxygens (including phenoxy) is 3. The summed E-state index contributed by atoms with van der Waals surface area (Å²) in [5.74, 6) is -0.995. The number of hydrogen-bond acceptors (Lipinski definition) is 9. The van der Waals surface area contributed by atoms with E-state index < -0.39 is 43.7 Å². The van der Waals surface area contributed by atoms with Gasteiger partial charge in [-0.1, -0.05) is 155 Å². The van der Waals surface area contributed by atoms with Crippen LogP contribution in [0.4, 0.5) is 0 Å². The Labute approximate surface area is 361 Å². The van der Waals surface area contributed by atoms with Crippen LogP contribution in [0.3, 0.4) is 0 Å². The summed E-state index contributed by atoms with van der Waals surface area (Å²) in [6.07, 6.45) is 29.5. The number of hydroxylamine groups is 2. The third-order valence-electron chi connectivity index (χ3n) is 11.4. The zero-order valence-electron chi connectivity index (χ0n) is 39.1. The first kappa shape index (κ1) is 55.9. The van der Waals surface area contributed by atoms with Crippen molar-refractivity contribution in [2.45, 2.75) is 231 Å². The third kappa shape index (κ3) is 29.0. The Morgan fingerprint density at radius 2 is 1.10 bits per heavy atom. The second-order valence-electron chi connectivity index (χ2n) is 18.9. The van der Waals surface area contributed by atoms with E-state index in [1.165, 1.54) is 109 Å². The molecule has 1 aliphatic heterocycles. The van der Waals surface area contributed by atoms with Gasteiger partial charge in [0.1, 0.15) is 25.5 Å². The van der Waals surface area contributed by atoms with Crippen molar-refractivity contribution in [2.75, 3.05) is 54.1 Å². The first-order valence-electron chi connectivity index (χ1n) is 23.9. The van der Waals surface area contributed by atoms with Crippen LogP contribution < -0.4 is 0 Å². The minimum Gasteiger partial charge on any atom is -0.462 e. The zero-order valence-corrected chi connectivity index (χ0v) is 40.0. The average Bonchev–Trinajstić information content (AvgIpc) is 3.39. The SMILES string of the molecule is CCCCCCCCCCCCCCCC(=O)OC[C@@H](COP(=O)(O)OCC[N+](C)(C)C)OC(=O)CCCC1(CCCCCCCCCCCCC)OCC(C)(C)N1[O]. The predicted molar refractivity (Wildman–Crippen MR) is 236 cm³/mol. The van der Waals surface area contributed by atoms with E-state index in [1.54, 1.807) is 0 Å². The third-order valence-corrected chi connectivity index (χ3v) is 12.4. The lowest BCUT2D eigenvalue weighted by Gasteiger charge is -2.35. The molecule has 1 radical (unpaired) electrons. The first-order chi connectivity index (χ1) is 28.1. The average molecular weight is 863 g/mol. The van der Waals surface area contributed by atoms with E-state index in [9.17, 15) is 24.3 Å². The maximum atomic E-state index is 13.5. The van der Waals surface area contributed by atoms with Gasteiger partial charge < -0.3 is 23.6 Å². The van der Waals surface area contributed by atoms with Gasteiger partial charge in [0.15, 0.2) is 6.10 Å². The van der Waals surface area contributed by atoms with Crippen molar-refractivity contribution >= 4 is 19.8 Å². The maximum Gasteiger partial charge on any atom is 0.472 e. The number of rotatable bonds is 40. The number of carbonyl (C=O) groups excluding carboxylic acids is 2. The molecular weight excluding hydrogens is 771 g/mol. The van der Waals surface area contributed by atoms with Crippen LogP contribution >= 0.6 is 7.82 Å². The second kappa shape index (κ2) is 32.5. The molecule has 1 saturated heterocycles. The molecule has 1 rings (SSSR count).